The molecule has 1 aromatic rings. The molecule has 2 atom stereocenters. The summed E-state index contributed by atoms with van der Waals surface area (Å²) in [6.07, 6.45) is 0.822. The normalized spacial score (nSPS) is 23.7. The van der Waals surface area contributed by atoms with Crippen LogP contribution in [0.25, 0.3) is 0 Å². The lowest BCUT2D eigenvalue weighted by atomic mass is 10.1. The van der Waals surface area contributed by atoms with Crippen LogP contribution >= 0.6 is 0 Å². The van der Waals surface area contributed by atoms with E-state index in [9.17, 15) is 4.79 Å². The van der Waals surface area contributed by atoms with Crippen LogP contribution in [0, 0.1) is 0 Å². The van der Waals surface area contributed by atoms with Gasteiger partial charge >= 0.3 is 0 Å². The van der Waals surface area contributed by atoms with Gasteiger partial charge < -0.3 is 10.1 Å². The van der Waals surface area contributed by atoms with Gasteiger partial charge in [0.05, 0.1) is 12.2 Å². The maximum atomic E-state index is 10.8. The van der Waals surface area contributed by atoms with Crippen LogP contribution in [0.3, 0.4) is 0 Å². The van der Waals surface area contributed by atoms with E-state index in [1.807, 2.05) is 36.3 Å². The SMILES string of the molecule is CCC1NCC(=C=O)C1OCc1ccccc1. The molecule has 3 nitrogen and oxygen atoms in total. The molecule has 0 bridgehead atoms. The number of rotatable bonds is 4. The lowest BCUT2D eigenvalue weighted by Crippen LogP contribution is -2.31. The minimum Gasteiger partial charge on any atom is -0.367 e. The van der Waals surface area contributed by atoms with E-state index in [4.69, 9.17) is 4.74 Å². The minimum absolute atomic E-state index is 0.127. The lowest BCUT2D eigenvalue weighted by Gasteiger charge is -2.18. The summed E-state index contributed by atoms with van der Waals surface area (Å²) in [5.41, 5.74) is 1.83. The number of hydrogen-bond donors (Lipinski definition) is 1. The van der Waals surface area contributed by atoms with Crippen LogP contribution in [0.15, 0.2) is 35.9 Å². The average Bonchev–Trinajstić information content (AvgIpc) is 2.79. The maximum absolute atomic E-state index is 10.8. The van der Waals surface area contributed by atoms with Crippen molar-refractivity contribution in [1.82, 2.24) is 5.32 Å². The molecular formula is C14H17NO2. The van der Waals surface area contributed by atoms with Gasteiger partial charge in [-0.25, -0.2) is 4.79 Å². The Bertz CT molecular complexity index is 409. The van der Waals surface area contributed by atoms with Crippen molar-refractivity contribution in [2.24, 2.45) is 0 Å². The van der Waals surface area contributed by atoms with Crippen LogP contribution in [0.5, 0.6) is 0 Å². The first-order valence-corrected chi connectivity index (χ1v) is 5.98. The number of hydrogen-bond acceptors (Lipinski definition) is 3. The molecular weight excluding hydrogens is 214 g/mol. The molecule has 3 heteroatoms. The van der Waals surface area contributed by atoms with Gasteiger partial charge in [-0.1, -0.05) is 37.3 Å². The van der Waals surface area contributed by atoms with Gasteiger partial charge in [-0.15, -0.1) is 0 Å². The summed E-state index contributed by atoms with van der Waals surface area (Å²) in [5, 5.41) is 3.27. The lowest BCUT2D eigenvalue weighted by molar-refractivity contribution is 0.0537. The van der Waals surface area contributed by atoms with Crippen molar-refractivity contribution in [2.45, 2.75) is 32.1 Å². The Morgan fingerprint density at radius 1 is 1.41 bits per heavy atom. The van der Waals surface area contributed by atoms with Crippen molar-refractivity contribution < 1.29 is 9.53 Å². The van der Waals surface area contributed by atoms with Gasteiger partial charge in [-0.2, -0.15) is 0 Å². The first-order chi connectivity index (χ1) is 8.35. The van der Waals surface area contributed by atoms with Gasteiger partial charge in [0.15, 0.2) is 0 Å². The predicted octanol–water partition coefficient (Wildman–Crippen LogP) is 1.71. The predicted molar refractivity (Wildman–Crippen MR) is 66.3 cm³/mol. The van der Waals surface area contributed by atoms with Crippen molar-refractivity contribution in [3.63, 3.8) is 0 Å². The van der Waals surface area contributed by atoms with E-state index in [2.05, 4.69) is 12.2 Å². The number of carbonyl (C=O) groups excluding carboxylic acids is 1. The molecule has 2 rings (SSSR count). The molecule has 1 saturated heterocycles. The number of benzene rings is 1. The third-order valence-electron chi connectivity index (χ3n) is 3.11. The van der Waals surface area contributed by atoms with E-state index >= 15 is 0 Å². The Morgan fingerprint density at radius 3 is 2.82 bits per heavy atom. The number of ether oxygens (including phenoxy) is 1. The van der Waals surface area contributed by atoms with Crippen LogP contribution in [-0.4, -0.2) is 24.6 Å². The quantitative estimate of drug-likeness (QED) is 0.802. The zero-order valence-corrected chi connectivity index (χ0v) is 9.98. The molecule has 0 radical (unpaired) electrons. The van der Waals surface area contributed by atoms with Crippen LogP contribution < -0.4 is 5.32 Å². The molecule has 1 heterocycles. The van der Waals surface area contributed by atoms with E-state index in [1.165, 1.54) is 0 Å². The Morgan fingerprint density at radius 2 is 2.18 bits per heavy atom. The van der Waals surface area contributed by atoms with Gasteiger partial charge in [0, 0.05) is 12.6 Å². The van der Waals surface area contributed by atoms with Crippen LogP contribution in [-0.2, 0) is 16.1 Å². The second-order valence-electron chi connectivity index (χ2n) is 4.24. The Balaban J connectivity index is 1.99. The van der Waals surface area contributed by atoms with Crippen molar-refractivity contribution in [3.05, 3.63) is 41.5 Å². The highest BCUT2D eigenvalue weighted by Gasteiger charge is 2.31. The third-order valence-corrected chi connectivity index (χ3v) is 3.11. The summed E-state index contributed by atoms with van der Waals surface area (Å²) < 4.78 is 5.83. The molecule has 1 aliphatic heterocycles. The van der Waals surface area contributed by atoms with Crippen molar-refractivity contribution in [1.29, 1.82) is 0 Å². The molecule has 0 amide bonds. The highest BCUT2D eigenvalue weighted by atomic mass is 16.5. The maximum Gasteiger partial charge on any atom is 0.127 e. The Labute approximate surface area is 101 Å². The van der Waals surface area contributed by atoms with Gasteiger partial charge in [0.1, 0.15) is 12.0 Å². The van der Waals surface area contributed by atoms with Crippen molar-refractivity contribution in [3.8, 4) is 0 Å². The Kier molecular flexibility index (Phi) is 4.10. The largest absolute Gasteiger partial charge is 0.367 e. The van der Waals surface area contributed by atoms with E-state index in [-0.39, 0.29) is 12.1 Å². The number of nitrogens with one attached hydrogen (secondary N) is 1. The molecule has 2 unspecified atom stereocenters. The molecule has 0 spiro atoms. The van der Waals surface area contributed by atoms with E-state index < -0.39 is 0 Å². The second kappa shape index (κ2) is 5.78. The van der Waals surface area contributed by atoms with Gasteiger partial charge in [0.2, 0.25) is 0 Å². The van der Waals surface area contributed by atoms with Gasteiger partial charge in [0.25, 0.3) is 0 Å². The van der Waals surface area contributed by atoms with E-state index in [1.54, 1.807) is 0 Å². The summed E-state index contributed by atoms with van der Waals surface area (Å²) in [4.78, 5) is 10.8. The fraction of sp³-hybridized carbons (Fsp3) is 0.429. The summed E-state index contributed by atoms with van der Waals surface area (Å²) in [7, 11) is 0. The molecule has 1 aliphatic rings. The average molecular weight is 231 g/mol. The summed E-state index contributed by atoms with van der Waals surface area (Å²) in [6, 6.07) is 10.2. The molecule has 0 aromatic heterocycles. The Hall–Kier alpha value is -1.41. The summed E-state index contributed by atoms with van der Waals surface area (Å²) >= 11 is 0. The summed E-state index contributed by atoms with van der Waals surface area (Å²) in [5.74, 6) is 1.99. The smallest absolute Gasteiger partial charge is 0.127 e. The van der Waals surface area contributed by atoms with Crippen LogP contribution in [0.4, 0.5) is 0 Å². The van der Waals surface area contributed by atoms with Crippen molar-refractivity contribution in [2.75, 3.05) is 6.54 Å². The standard InChI is InChI=1S/C14H17NO2/c1-2-13-14(12(9-16)8-15-13)17-10-11-6-4-3-5-7-11/h3-7,13-15H,2,8,10H2,1H3. The third kappa shape index (κ3) is 2.83. The highest BCUT2D eigenvalue weighted by molar-refractivity contribution is 5.56. The monoisotopic (exact) mass is 231 g/mol. The first kappa shape index (κ1) is 12.1. The first-order valence-electron chi connectivity index (χ1n) is 5.98. The fourth-order valence-electron chi connectivity index (χ4n) is 2.12. The minimum atomic E-state index is -0.127. The molecule has 0 saturated carbocycles. The molecule has 1 N–H and O–H groups in total. The fourth-order valence-corrected chi connectivity index (χ4v) is 2.12. The van der Waals surface area contributed by atoms with Crippen LogP contribution in [0.1, 0.15) is 18.9 Å². The molecule has 0 aliphatic carbocycles. The van der Waals surface area contributed by atoms with E-state index in [0.717, 1.165) is 12.0 Å². The highest BCUT2D eigenvalue weighted by Crippen LogP contribution is 2.19. The topological polar surface area (TPSA) is 38.3 Å². The van der Waals surface area contributed by atoms with Gasteiger partial charge in [-0.3, -0.25) is 0 Å². The summed E-state index contributed by atoms with van der Waals surface area (Å²) in [6.45, 7) is 3.22. The van der Waals surface area contributed by atoms with E-state index in [0.29, 0.717) is 18.7 Å². The molecule has 1 aromatic carbocycles. The molecule has 90 valence electrons. The second-order valence-corrected chi connectivity index (χ2v) is 4.24. The molecule has 17 heavy (non-hydrogen) atoms. The van der Waals surface area contributed by atoms with Crippen molar-refractivity contribution >= 4 is 5.94 Å². The van der Waals surface area contributed by atoms with Crippen LogP contribution in [0.2, 0.25) is 0 Å². The zero-order valence-electron chi connectivity index (χ0n) is 9.98. The van der Waals surface area contributed by atoms with Gasteiger partial charge in [-0.05, 0) is 12.0 Å². The zero-order chi connectivity index (χ0) is 12.1. The molecule has 1 fully saturated rings.